The van der Waals surface area contributed by atoms with Crippen molar-refractivity contribution in [3.05, 3.63) is 59.8 Å². The molecule has 3 N–H and O–H groups in total. The van der Waals surface area contributed by atoms with E-state index in [4.69, 9.17) is 17.3 Å². The Morgan fingerprint density at radius 2 is 1.75 bits per heavy atom. The van der Waals surface area contributed by atoms with Crippen LogP contribution in [0, 0.1) is 5.92 Å². The molecule has 0 aliphatic carbocycles. The van der Waals surface area contributed by atoms with E-state index in [2.05, 4.69) is 15.3 Å². The minimum absolute atomic E-state index is 0.175. The van der Waals surface area contributed by atoms with Gasteiger partial charge in [-0.3, -0.25) is 9.80 Å². The van der Waals surface area contributed by atoms with Crippen LogP contribution in [-0.4, -0.2) is 67.9 Å². The number of hydrogen-bond acceptors (Lipinski definition) is 7. The number of nitrogen functional groups attached to an aromatic ring is 1. The van der Waals surface area contributed by atoms with Gasteiger partial charge in [0.1, 0.15) is 5.82 Å². The Bertz CT molecular complexity index is 1380. The highest BCUT2D eigenvalue weighted by Gasteiger charge is 2.33. The van der Waals surface area contributed by atoms with E-state index < -0.39 is 10.0 Å². The summed E-state index contributed by atoms with van der Waals surface area (Å²) in [5, 5.41) is 3.80. The van der Waals surface area contributed by atoms with Crippen molar-refractivity contribution in [2.24, 2.45) is 5.92 Å². The van der Waals surface area contributed by atoms with Crippen LogP contribution < -0.4 is 16.1 Å². The van der Waals surface area contributed by atoms with Gasteiger partial charge in [-0.05, 0) is 59.9 Å². The number of halogens is 1. The summed E-state index contributed by atoms with van der Waals surface area (Å²) < 4.78 is 27.7. The second-order valence-electron chi connectivity index (χ2n) is 9.27. The van der Waals surface area contributed by atoms with Crippen molar-refractivity contribution in [1.82, 2.24) is 19.7 Å². The predicted octanol–water partition coefficient (Wildman–Crippen LogP) is 2.72. The van der Waals surface area contributed by atoms with Crippen molar-refractivity contribution >= 4 is 49.8 Å². The second kappa shape index (κ2) is 10.2. The fourth-order valence-corrected chi connectivity index (χ4v) is 6.39. The molecule has 9 nitrogen and oxygen atoms in total. The van der Waals surface area contributed by atoms with Crippen LogP contribution >= 0.6 is 11.6 Å². The molecule has 3 aromatic rings. The summed E-state index contributed by atoms with van der Waals surface area (Å²) >= 11 is 6.03. The number of benzene rings is 2. The van der Waals surface area contributed by atoms with E-state index >= 15 is 0 Å². The monoisotopic (exact) mass is 528 g/mol. The number of rotatable bonds is 6. The summed E-state index contributed by atoms with van der Waals surface area (Å²) in [7, 11) is -3.78. The van der Waals surface area contributed by atoms with Crippen LogP contribution in [0.1, 0.15) is 12.8 Å². The number of carbonyl (C=O) groups is 1. The van der Waals surface area contributed by atoms with Gasteiger partial charge in [-0.2, -0.15) is 4.31 Å². The Balaban J connectivity index is 1.14. The van der Waals surface area contributed by atoms with E-state index in [1.807, 2.05) is 12.1 Å². The number of hydrazine groups is 1. The van der Waals surface area contributed by atoms with Crippen LogP contribution in [0.3, 0.4) is 0 Å². The maximum Gasteiger partial charge on any atom is 0.252 e. The third-order valence-electron chi connectivity index (χ3n) is 6.91. The number of hydrogen-bond donors (Lipinski definition) is 2. The summed E-state index contributed by atoms with van der Waals surface area (Å²) in [6.45, 7) is 2.85. The smallest absolute Gasteiger partial charge is 0.252 e. The predicted molar refractivity (Wildman–Crippen MR) is 141 cm³/mol. The first-order valence-electron chi connectivity index (χ1n) is 12.0. The zero-order chi connectivity index (χ0) is 25.3. The average molecular weight is 529 g/mol. The first kappa shape index (κ1) is 24.8. The molecule has 2 fully saturated rings. The number of amides is 1. The normalized spacial score (nSPS) is 18.2. The molecule has 5 rings (SSSR count). The molecule has 2 aliphatic rings. The Morgan fingerprint density at radius 3 is 2.50 bits per heavy atom. The Kier molecular flexibility index (Phi) is 7.03. The van der Waals surface area contributed by atoms with Gasteiger partial charge in [0.05, 0.1) is 18.0 Å². The molecule has 0 saturated carbocycles. The van der Waals surface area contributed by atoms with Gasteiger partial charge in [0.2, 0.25) is 10.0 Å². The van der Waals surface area contributed by atoms with Crippen molar-refractivity contribution in [2.75, 3.05) is 49.9 Å². The molecule has 2 aliphatic heterocycles. The molecular formula is C25H29ClN6O3S. The van der Waals surface area contributed by atoms with Crippen LogP contribution in [-0.2, 0) is 14.8 Å². The zero-order valence-corrected chi connectivity index (χ0v) is 21.4. The molecule has 0 unspecified atom stereocenters. The Labute approximate surface area is 215 Å². The van der Waals surface area contributed by atoms with Crippen molar-refractivity contribution < 1.29 is 13.2 Å². The number of sulfonamides is 1. The molecule has 0 bridgehead atoms. The summed E-state index contributed by atoms with van der Waals surface area (Å²) in [5.41, 5.74) is 10.1. The molecular weight excluding hydrogens is 500 g/mol. The number of piperazine rings is 1. The van der Waals surface area contributed by atoms with Gasteiger partial charge < -0.3 is 10.6 Å². The largest absolute Gasteiger partial charge is 0.384 e. The number of pyridine rings is 1. The number of fused-ring (bicyclic) bond motifs is 1. The Hall–Kier alpha value is -2.92. The lowest BCUT2D eigenvalue weighted by Gasteiger charge is -2.37. The summed E-state index contributed by atoms with van der Waals surface area (Å²) in [6.07, 6.45) is 3.70. The van der Waals surface area contributed by atoms with Gasteiger partial charge in [-0.15, -0.1) is 0 Å². The molecule has 190 valence electrons. The lowest BCUT2D eigenvalue weighted by Crippen LogP contribution is -2.57. The van der Waals surface area contributed by atoms with Crippen molar-refractivity contribution in [2.45, 2.75) is 17.7 Å². The third kappa shape index (κ3) is 5.27. The number of carbonyl (C=O) groups excluding carboxylic acids is 1. The molecule has 2 saturated heterocycles. The molecule has 0 radical (unpaired) electrons. The molecule has 1 amide bonds. The maximum atomic E-state index is 13.2. The lowest BCUT2D eigenvalue weighted by atomic mass is 9.96. The van der Waals surface area contributed by atoms with Gasteiger partial charge in [0.15, 0.2) is 0 Å². The fraction of sp³-hybridized carbons (Fsp3) is 0.360. The van der Waals surface area contributed by atoms with E-state index in [0.717, 1.165) is 42.4 Å². The van der Waals surface area contributed by atoms with Gasteiger partial charge in [-0.1, -0.05) is 23.7 Å². The second-order valence-corrected chi connectivity index (χ2v) is 11.6. The van der Waals surface area contributed by atoms with E-state index in [-0.39, 0.29) is 23.9 Å². The highest BCUT2D eigenvalue weighted by Crippen LogP contribution is 2.26. The number of anilines is 2. The van der Waals surface area contributed by atoms with Crippen LogP contribution in [0.2, 0.25) is 5.02 Å². The summed E-state index contributed by atoms with van der Waals surface area (Å²) in [6, 6.07) is 14.1. The molecule has 1 aromatic heterocycles. The highest BCUT2D eigenvalue weighted by atomic mass is 35.5. The first-order valence-corrected chi connectivity index (χ1v) is 13.8. The number of nitrogens with two attached hydrogens (primary N) is 1. The number of piperidine rings is 1. The van der Waals surface area contributed by atoms with Crippen LogP contribution in [0.25, 0.3) is 10.8 Å². The fourth-order valence-electron chi connectivity index (χ4n) is 4.80. The van der Waals surface area contributed by atoms with Crippen molar-refractivity contribution in [3.8, 4) is 0 Å². The van der Waals surface area contributed by atoms with E-state index in [1.165, 1.54) is 4.31 Å². The van der Waals surface area contributed by atoms with Gasteiger partial charge in [0, 0.05) is 49.2 Å². The van der Waals surface area contributed by atoms with E-state index in [1.54, 1.807) is 47.6 Å². The standard InChI is InChI=1S/C25H29ClN6O3S/c26-21-3-1-20-14-23(4-2-19(20)13-21)36(34,35)31-11-12-32(25(33)17-31)29-16-18-6-9-30(10-7-18)22-5-8-28-24(27)15-22/h1-5,8,13-15,18,29H,6-7,9-12,16-17H2,(H2,27,28). The van der Waals surface area contributed by atoms with Gasteiger partial charge >= 0.3 is 0 Å². The molecule has 0 atom stereocenters. The minimum atomic E-state index is -3.78. The highest BCUT2D eigenvalue weighted by molar-refractivity contribution is 7.89. The molecule has 11 heteroatoms. The Morgan fingerprint density at radius 1 is 1.00 bits per heavy atom. The minimum Gasteiger partial charge on any atom is -0.384 e. The third-order valence-corrected chi connectivity index (χ3v) is 8.99. The first-order chi connectivity index (χ1) is 17.3. The van der Waals surface area contributed by atoms with E-state index in [9.17, 15) is 13.2 Å². The summed E-state index contributed by atoms with van der Waals surface area (Å²) in [4.78, 5) is 19.3. The maximum absolute atomic E-state index is 13.2. The molecule has 36 heavy (non-hydrogen) atoms. The quantitative estimate of drug-likeness (QED) is 0.506. The van der Waals surface area contributed by atoms with Gasteiger partial charge in [0.25, 0.3) is 5.91 Å². The topological polar surface area (TPSA) is 112 Å². The lowest BCUT2D eigenvalue weighted by molar-refractivity contribution is -0.137. The molecule has 0 spiro atoms. The van der Waals surface area contributed by atoms with Crippen molar-refractivity contribution in [1.29, 1.82) is 0 Å². The van der Waals surface area contributed by atoms with Crippen LogP contribution in [0.15, 0.2) is 59.6 Å². The van der Waals surface area contributed by atoms with Crippen LogP contribution in [0.5, 0.6) is 0 Å². The number of nitrogens with one attached hydrogen (secondary N) is 1. The zero-order valence-electron chi connectivity index (χ0n) is 19.8. The summed E-state index contributed by atoms with van der Waals surface area (Å²) in [5.74, 6) is 0.699. The number of aromatic nitrogens is 1. The average Bonchev–Trinajstić information content (AvgIpc) is 2.88. The van der Waals surface area contributed by atoms with Gasteiger partial charge in [-0.25, -0.2) is 18.8 Å². The SMILES string of the molecule is Nc1cc(N2CCC(CNN3CCN(S(=O)(=O)c4ccc5cc(Cl)ccc5c4)CC3=O)CC2)ccn1. The molecule has 2 aromatic carbocycles. The van der Waals surface area contributed by atoms with Crippen LogP contribution in [0.4, 0.5) is 11.5 Å². The van der Waals surface area contributed by atoms with Crippen molar-refractivity contribution in [3.63, 3.8) is 0 Å². The number of nitrogens with zero attached hydrogens (tertiary/aromatic N) is 4. The molecule has 3 heterocycles. The van der Waals surface area contributed by atoms with E-state index in [0.29, 0.717) is 29.8 Å².